The Morgan fingerprint density at radius 2 is 1.77 bits per heavy atom. The third kappa shape index (κ3) is 6.59. The number of halogens is 6. The van der Waals surface area contributed by atoms with Crippen LogP contribution >= 0.6 is 0 Å². The van der Waals surface area contributed by atoms with E-state index in [9.17, 15) is 39.6 Å². The van der Waals surface area contributed by atoms with Gasteiger partial charge in [0.1, 0.15) is 11.3 Å². The van der Waals surface area contributed by atoms with E-state index in [1.54, 1.807) is 0 Å². The lowest BCUT2D eigenvalue weighted by molar-refractivity contribution is -0.141. The molecule has 1 amide bonds. The Balaban J connectivity index is 1.97. The molecule has 2 aromatic carbocycles. The Morgan fingerprint density at radius 3 is 2.37 bits per heavy atom. The molecule has 0 unspecified atom stereocenters. The highest BCUT2D eigenvalue weighted by Gasteiger charge is 2.35. The van der Waals surface area contributed by atoms with Crippen molar-refractivity contribution in [3.8, 4) is 17.4 Å². The number of ether oxygens (including phenoxy) is 2. The number of benzene rings is 2. The molecule has 15 heteroatoms. The summed E-state index contributed by atoms with van der Waals surface area (Å²) in [6.07, 6.45) is -4.07. The van der Waals surface area contributed by atoms with Gasteiger partial charge < -0.3 is 14.8 Å². The highest BCUT2D eigenvalue weighted by Crippen LogP contribution is 2.32. The van der Waals surface area contributed by atoms with Crippen molar-refractivity contribution in [1.29, 1.82) is 0 Å². The average molecular weight is 521 g/mol. The molecule has 1 N–H and O–H groups in total. The number of hydrogen-bond donors (Lipinski definition) is 1. The quantitative estimate of drug-likeness (QED) is 0.450. The van der Waals surface area contributed by atoms with E-state index < -0.39 is 63.0 Å². The maximum atomic E-state index is 14.0. The van der Waals surface area contributed by atoms with Gasteiger partial charge in [-0.3, -0.25) is 4.79 Å². The number of carbonyl (C=O) groups is 1. The van der Waals surface area contributed by atoms with Gasteiger partial charge in [0.25, 0.3) is 11.8 Å². The van der Waals surface area contributed by atoms with Gasteiger partial charge in [-0.05, 0) is 36.4 Å². The smallest absolute Gasteiger partial charge is 0.435 e. The molecule has 0 aliphatic heterocycles. The highest BCUT2D eigenvalue weighted by molar-refractivity contribution is 7.90. The Kier molecular flexibility index (Phi) is 7.19. The van der Waals surface area contributed by atoms with E-state index >= 15 is 0 Å². The summed E-state index contributed by atoms with van der Waals surface area (Å²) in [4.78, 5) is 12.6. The summed E-state index contributed by atoms with van der Waals surface area (Å²) in [6.45, 7) is -3.31. The summed E-state index contributed by atoms with van der Waals surface area (Å²) in [5, 5.41) is 8.40. The molecular formula is C20H13F6N3O5S. The van der Waals surface area contributed by atoms with Crippen LogP contribution in [0.5, 0.6) is 17.4 Å². The number of hydrogen-bond acceptors (Lipinski definition) is 7. The summed E-state index contributed by atoms with van der Waals surface area (Å²) in [7, 11) is -3.66. The van der Waals surface area contributed by atoms with Crippen LogP contribution in [0, 0.1) is 5.82 Å². The SMILES string of the molecule is CS(=O)(=O)c1cccc(NC(=O)c2cc(C(F)(F)F)nnc2Oc2ccc(OC(F)F)c(F)c2)c1. The summed E-state index contributed by atoms with van der Waals surface area (Å²) in [6, 6.07) is 7.50. The Hall–Kier alpha value is -3.88. The van der Waals surface area contributed by atoms with Gasteiger partial charge in [-0.15, -0.1) is 10.2 Å². The molecule has 0 spiro atoms. The molecule has 0 atom stereocenters. The fourth-order valence-electron chi connectivity index (χ4n) is 2.61. The van der Waals surface area contributed by atoms with Crippen molar-refractivity contribution in [2.75, 3.05) is 11.6 Å². The van der Waals surface area contributed by atoms with Gasteiger partial charge in [-0.2, -0.15) is 22.0 Å². The van der Waals surface area contributed by atoms with Crippen molar-refractivity contribution in [1.82, 2.24) is 10.2 Å². The topological polar surface area (TPSA) is 107 Å². The zero-order valence-corrected chi connectivity index (χ0v) is 18.1. The van der Waals surface area contributed by atoms with Gasteiger partial charge in [0.2, 0.25) is 0 Å². The van der Waals surface area contributed by atoms with Crippen molar-refractivity contribution in [2.45, 2.75) is 17.7 Å². The third-order valence-corrected chi connectivity index (χ3v) is 5.26. The normalized spacial score (nSPS) is 11.9. The predicted octanol–water partition coefficient (Wildman–Crippen LogP) is 4.68. The van der Waals surface area contributed by atoms with E-state index in [-0.39, 0.29) is 10.6 Å². The molecule has 0 bridgehead atoms. The predicted molar refractivity (Wildman–Crippen MR) is 108 cm³/mol. The molecule has 0 saturated heterocycles. The standard InChI is InChI=1S/C20H13F6N3O5S/c1-35(31,32)12-4-2-3-10(7-12)27-17(30)13-9-16(20(24,25)26)28-29-18(13)33-11-5-6-15(14(21)8-11)34-19(22)23/h2-9,19H,1H3,(H,27,30). The first-order chi connectivity index (χ1) is 16.2. The van der Waals surface area contributed by atoms with Gasteiger partial charge in [-0.1, -0.05) is 6.07 Å². The number of nitrogens with one attached hydrogen (secondary N) is 1. The van der Waals surface area contributed by atoms with Crippen molar-refractivity contribution in [2.24, 2.45) is 0 Å². The van der Waals surface area contributed by atoms with E-state index in [4.69, 9.17) is 4.74 Å². The number of anilines is 1. The van der Waals surface area contributed by atoms with Gasteiger partial charge in [0.05, 0.1) is 4.90 Å². The number of rotatable bonds is 7. The minimum absolute atomic E-state index is 0.0752. The molecule has 0 saturated carbocycles. The van der Waals surface area contributed by atoms with Gasteiger partial charge in [-0.25, -0.2) is 12.8 Å². The van der Waals surface area contributed by atoms with Crippen LogP contribution in [-0.2, 0) is 16.0 Å². The van der Waals surface area contributed by atoms with Crippen LogP contribution in [0.15, 0.2) is 53.4 Å². The molecule has 186 valence electrons. The van der Waals surface area contributed by atoms with E-state index in [0.717, 1.165) is 24.5 Å². The van der Waals surface area contributed by atoms with Crippen LogP contribution in [0.4, 0.5) is 32.0 Å². The van der Waals surface area contributed by atoms with E-state index in [1.165, 1.54) is 18.2 Å². The zero-order valence-electron chi connectivity index (χ0n) is 17.3. The van der Waals surface area contributed by atoms with Gasteiger partial charge in [0.15, 0.2) is 27.1 Å². The number of sulfone groups is 1. The molecule has 35 heavy (non-hydrogen) atoms. The molecular weight excluding hydrogens is 508 g/mol. The molecule has 0 radical (unpaired) electrons. The Bertz CT molecular complexity index is 1370. The number of aromatic nitrogens is 2. The number of carbonyl (C=O) groups excluding carboxylic acids is 1. The largest absolute Gasteiger partial charge is 0.437 e. The molecule has 3 aromatic rings. The Labute approximate surface area is 193 Å². The molecule has 8 nitrogen and oxygen atoms in total. The summed E-state index contributed by atoms with van der Waals surface area (Å²) < 4.78 is 110. The fraction of sp³-hybridized carbons (Fsp3) is 0.150. The van der Waals surface area contributed by atoms with Crippen LogP contribution in [-0.4, -0.2) is 37.4 Å². The number of nitrogens with zero attached hydrogens (tertiary/aromatic N) is 2. The lowest BCUT2D eigenvalue weighted by atomic mass is 10.2. The lowest BCUT2D eigenvalue weighted by Gasteiger charge is -2.13. The van der Waals surface area contributed by atoms with Crippen LogP contribution in [0.2, 0.25) is 0 Å². The maximum Gasteiger partial charge on any atom is 0.435 e. The summed E-state index contributed by atoms with van der Waals surface area (Å²) in [5.74, 6) is -4.51. The van der Waals surface area contributed by atoms with Crippen LogP contribution in [0.1, 0.15) is 16.1 Å². The van der Waals surface area contributed by atoms with Crippen molar-refractivity contribution in [3.05, 3.63) is 65.6 Å². The molecule has 3 rings (SSSR count). The second kappa shape index (κ2) is 9.77. The molecule has 0 aliphatic rings. The minimum atomic E-state index is -4.99. The Morgan fingerprint density at radius 1 is 1.06 bits per heavy atom. The van der Waals surface area contributed by atoms with Gasteiger partial charge >= 0.3 is 12.8 Å². The second-order valence-corrected chi connectivity index (χ2v) is 8.79. The van der Waals surface area contributed by atoms with E-state index in [2.05, 4.69) is 20.3 Å². The molecule has 1 aromatic heterocycles. The average Bonchev–Trinajstić information content (AvgIpc) is 2.74. The molecule has 0 fully saturated rings. The third-order valence-electron chi connectivity index (χ3n) is 4.15. The first kappa shape index (κ1) is 25.7. The highest BCUT2D eigenvalue weighted by atomic mass is 32.2. The van der Waals surface area contributed by atoms with Gasteiger partial charge in [0, 0.05) is 18.0 Å². The van der Waals surface area contributed by atoms with Crippen molar-refractivity contribution < 1.29 is 49.0 Å². The first-order valence-electron chi connectivity index (χ1n) is 9.22. The minimum Gasteiger partial charge on any atom is -0.437 e. The molecule has 1 heterocycles. The zero-order chi connectivity index (χ0) is 26.0. The first-order valence-corrected chi connectivity index (χ1v) is 11.1. The van der Waals surface area contributed by atoms with Crippen LogP contribution in [0.3, 0.4) is 0 Å². The summed E-state index contributed by atoms with van der Waals surface area (Å²) in [5.41, 5.74) is -2.41. The maximum absolute atomic E-state index is 14.0. The van der Waals surface area contributed by atoms with Crippen LogP contribution < -0.4 is 14.8 Å². The van der Waals surface area contributed by atoms with Crippen molar-refractivity contribution in [3.63, 3.8) is 0 Å². The number of amides is 1. The lowest BCUT2D eigenvalue weighted by Crippen LogP contribution is -2.18. The second-order valence-electron chi connectivity index (χ2n) is 6.77. The summed E-state index contributed by atoms with van der Waals surface area (Å²) >= 11 is 0. The van der Waals surface area contributed by atoms with Crippen LogP contribution in [0.25, 0.3) is 0 Å². The van der Waals surface area contributed by atoms with Crippen molar-refractivity contribution >= 4 is 21.4 Å². The van der Waals surface area contributed by atoms with E-state index in [1.807, 2.05) is 0 Å². The molecule has 0 aliphatic carbocycles. The monoisotopic (exact) mass is 521 g/mol. The number of alkyl halides is 5. The fourth-order valence-corrected chi connectivity index (χ4v) is 3.28. The van der Waals surface area contributed by atoms with E-state index in [0.29, 0.717) is 12.1 Å².